The fraction of sp³-hybridized carbons (Fsp3) is 0.182. The first kappa shape index (κ1) is 39.7. The highest BCUT2D eigenvalue weighted by atomic mass is 32.1. The molecule has 9 aromatic carbocycles. The number of hydrogen-bond acceptors (Lipinski definition) is 3. The molecule has 0 unspecified atom stereocenters. The zero-order chi connectivity index (χ0) is 46.8. The fourth-order valence-corrected chi connectivity index (χ4v) is 16.3. The van der Waals surface area contributed by atoms with Crippen LogP contribution in [-0.4, -0.2) is 6.85 Å². The van der Waals surface area contributed by atoms with Crippen LogP contribution in [0, 0.1) is 0 Å². The Labute approximate surface area is 415 Å². The van der Waals surface area contributed by atoms with Gasteiger partial charge in [0.25, 0.3) is 0 Å². The zero-order valence-corrected chi connectivity index (χ0v) is 41.4. The zero-order valence-electron chi connectivity index (χ0n) is 40.5. The highest BCUT2D eigenvalue weighted by Gasteiger charge is 2.58. The van der Waals surface area contributed by atoms with Crippen molar-refractivity contribution in [1.29, 1.82) is 0 Å². The van der Waals surface area contributed by atoms with E-state index in [4.69, 9.17) is 0 Å². The van der Waals surface area contributed by atoms with Crippen LogP contribution in [0.3, 0.4) is 0 Å². The summed E-state index contributed by atoms with van der Waals surface area (Å²) in [6, 6.07) is 68.9. The Kier molecular flexibility index (Phi) is 7.36. The van der Waals surface area contributed by atoms with Gasteiger partial charge in [-0.3, -0.25) is 0 Å². The summed E-state index contributed by atoms with van der Waals surface area (Å²) in [7, 11) is 0. The maximum atomic E-state index is 2.84. The number of para-hydroxylation sites is 2. The largest absolute Gasteiger partial charge is 0.375 e. The minimum absolute atomic E-state index is 0.0391. The minimum Gasteiger partial charge on any atom is -0.375 e. The lowest BCUT2D eigenvalue weighted by Crippen LogP contribution is -2.63. The Morgan fingerprint density at radius 3 is 1.83 bits per heavy atom. The van der Waals surface area contributed by atoms with Gasteiger partial charge >= 0.3 is 6.85 Å². The van der Waals surface area contributed by atoms with Crippen LogP contribution in [0.2, 0.25) is 0 Å². The molecule has 2 nitrogen and oxygen atoms in total. The molecule has 334 valence electrons. The van der Waals surface area contributed by atoms with Crippen LogP contribution in [0.15, 0.2) is 176 Å². The van der Waals surface area contributed by atoms with Gasteiger partial charge in [0, 0.05) is 43.5 Å². The Balaban J connectivity index is 1.11. The van der Waals surface area contributed by atoms with Gasteiger partial charge in [0.1, 0.15) is 0 Å². The lowest BCUT2D eigenvalue weighted by molar-refractivity contribution is 0.332. The molecule has 4 heteroatoms. The van der Waals surface area contributed by atoms with Gasteiger partial charge in [-0.2, -0.15) is 0 Å². The summed E-state index contributed by atoms with van der Waals surface area (Å²) < 4.78 is 2.69. The van der Waals surface area contributed by atoms with E-state index in [0.717, 1.165) is 6.42 Å². The van der Waals surface area contributed by atoms with E-state index < -0.39 is 5.41 Å². The van der Waals surface area contributed by atoms with E-state index in [2.05, 4.69) is 227 Å². The molecule has 3 aliphatic carbocycles. The van der Waals surface area contributed by atoms with Crippen molar-refractivity contribution in [2.45, 2.75) is 76.0 Å². The summed E-state index contributed by atoms with van der Waals surface area (Å²) in [5.74, 6) is 0. The van der Waals surface area contributed by atoms with Crippen molar-refractivity contribution in [3.8, 4) is 33.4 Å². The lowest BCUT2D eigenvalue weighted by Gasteiger charge is -2.52. The molecule has 0 saturated heterocycles. The predicted molar refractivity (Wildman–Crippen MR) is 297 cm³/mol. The average Bonchev–Trinajstić information content (AvgIpc) is 3.99. The Hall–Kier alpha value is -7.14. The molecule has 4 heterocycles. The molecular formula is C66H51BN2S. The second-order valence-corrected chi connectivity index (χ2v) is 24.0. The predicted octanol–water partition coefficient (Wildman–Crippen LogP) is 16.1. The first-order valence-corrected chi connectivity index (χ1v) is 26.2. The Bertz CT molecular complexity index is 3990. The number of hydrogen-bond donors (Lipinski definition) is 0. The highest BCUT2D eigenvalue weighted by molar-refractivity contribution is 7.26. The molecule has 16 rings (SSSR count). The van der Waals surface area contributed by atoms with Crippen molar-refractivity contribution < 1.29 is 0 Å². The van der Waals surface area contributed by atoms with Crippen LogP contribution in [0.25, 0.3) is 53.6 Å². The number of nitrogens with zero attached hydrogens (tertiary/aromatic N) is 2. The summed E-state index contributed by atoms with van der Waals surface area (Å²) in [6.45, 7) is 14.7. The highest BCUT2D eigenvalue weighted by Crippen LogP contribution is 2.66. The van der Waals surface area contributed by atoms with Gasteiger partial charge in [-0.1, -0.05) is 187 Å². The topological polar surface area (TPSA) is 6.48 Å². The lowest BCUT2D eigenvalue weighted by atomic mass is 9.41. The molecule has 0 saturated carbocycles. The van der Waals surface area contributed by atoms with E-state index >= 15 is 0 Å². The van der Waals surface area contributed by atoms with Crippen molar-refractivity contribution in [2.24, 2.45) is 0 Å². The first-order valence-electron chi connectivity index (χ1n) is 25.4. The molecule has 0 radical (unpaired) electrons. The third kappa shape index (κ3) is 4.55. The molecule has 1 aromatic heterocycles. The van der Waals surface area contributed by atoms with Gasteiger partial charge in [-0.25, -0.2) is 0 Å². The van der Waals surface area contributed by atoms with Crippen molar-refractivity contribution in [3.05, 3.63) is 220 Å². The third-order valence-electron chi connectivity index (χ3n) is 18.3. The molecule has 10 aromatic rings. The second kappa shape index (κ2) is 13.0. The Morgan fingerprint density at radius 2 is 1.07 bits per heavy atom. The standard InChI is InChI=1S/C66H51BN2S/c1-63(2)34-35-64(3,4)53-36-38(30-33-50(53)63)69-59-43(31-32-44-42-21-10-16-29-56(42)70-62(44)59)46-37-45-41-20-7-11-22-47(41)65(5,6)57(45)61-58(46)67(69)54-27-17-26-52-60(54)68(61)55-28-15-14-25-51(55)66(52)48-23-12-8-18-39(48)40-19-9-13-24-49(40)66/h7-33,36-37H,34-35H2,1-6H3. The van der Waals surface area contributed by atoms with Crippen molar-refractivity contribution in [3.63, 3.8) is 0 Å². The summed E-state index contributed by atoms with van der Waals surface area (Å²) in [4.78, 5) is 5.62. The van der Waals surface area contributed by atoms with E-state index in [-0.39, 0.29) is 23.1 Å². The Morgan fingerprint density at radius 1 is 0.443 bits per heavy atom. The molecule has 0 atom stereocenters. The van der Waals surface area contributed by atoms with Crippen LogP contribution in [0.4, 0.5) is 28.4 Å². The SMILES string of the molecule is CC1(C)CCC(C)(C)c2cc(N3B4c5cccc6c5N(c5ccccc5C65c6ccccc6-c6ccccc65)c5c4c(cc4c5C(C)(C)c5ccccc5-4)-c4ccc5c(sc6ccccc65)c43)ccc21. The number of benzene rings is 9. The second-order valence-electron chi connectivity index (χ2n) is 22.9. The van der Waals surface area contributed by atoms with E-state index in [1.807, 2.05) is 11.3 Å². The van der Waals surface area contributed by atoms with Crippen molar-refractivity contribution in [2.75, 3.05) is 9.71 Å². The minimum atomic E-state index is -0.528. The molecule has 0 amide bonds. The van der Waals surface area contributed by atoms with Gasteiger partial charge in [0.15, 0.2) is 0 Å². The summed E-state index contributed by atoms with van der Waals surface area (Å²) in [5, 5.41) is 2.67. The van der Waals surface area contributed by atoms with Crippen molar-refractivity contribution in [1.82, 2.24) is 0 Å². The number of fused-ring (bicyclic) bond motifs is 22. The maximum absolute atomic E-state index is 2.84. The molecule has 0 N–H and O–H groups in total. The van der Waals surface area contributed by atoms with E-state index in [1.165, 1.54) is 144 Å². The normalized spacial score (nSPS) is 17.8. The monoisotopic (exact) mass is 914 g/mol. The van der Waals surface area contributed by atoms with Crippen LogP contribution in [0.1, 0.15) is 98.9 Å². The fourth-order valence-electron chi connectivity index (χ4n) is 15.1. The summed E-state index contributed by atoms with van der Waals surface area (Å²) >= 11 is 1.97. The number of rotatable bonds is 1. The van der Waals surface area contributed by atoms with E-state index in [9.17, 15) is 0 Å². The molecule has 0 bridgehead atoms. The van der Waals surface area contributed by atoms with Crippen LogP contribution >= 0.6 is 11.3 Å². The average molecular weight is 915 g/mol. The quantitative estimate of drug-likeness (QED) is 0.151. The summed E-state index contributed by atoms with van der Waals surface area (Å²) in [5.41, 5.74) is 27.9. The van der Waals surface area contributed by atoms with E-state index in [0.29, 0.717) is 0 Å². The number of thiophene rings is 1. The summed E-state index contributed by atoms with van der Waals surface area (Å²) in [6.07, 6.45) is 2.35. The molecule has 1 spiro atoms. The molecule has 6 aliphatic rings. The number of anilines is 5. The van der Waals surface area contributed by atoms with Crippen molar-refractivity contribution >= 4 is 77.7 Å². The van der Waals surface area contributed by atoms with Crippen LogP contribution in [0.5, 0.6) is 0 Å². The van der Waals surface area contributed by atoms with Gasteiger partial charge in [0.05, 0.1) is 21.5 Å². The van der Waals surface area contributed by atoms with Crippen LogP contribution < -0.4 is 20.6 Å². The first-order chi connectivity index (χ1) is 34.0. The van der Waals surface area contributed by atoms with Crippen LogP contribution in [-0.2, 0) is 21.7 Å². The smallest absolute Gasteiger partial charge is 0.333 e. The third-order valence-corrected chi connectivity index (χ3v) is 19.5. The van der Waals surface area contributed by atoms with Gasteiger partial charge in [0.2, 0.25) is 0 Å². The molecule has 70 heavy (non-hydrogen) atoms. The molecular weight excluding hydrogens is 864 g/mol. The van der Waals surface area contributed by atoms with E-state index in [1.54, 1.807) is 0 Å². The molecule has 0 fully saturated rings. The van der Waals surface area contributed by atoms with Gasteiger partial charge < -0.3 is 9.71 Å². The maximum Gasteiger partial charge on any atom is 0.333 e. The molecule has 3 aliphatic heterocycles. The van der Waals surface area contributed by atoms with Gasteiger partial charge in [-0.05, 0) is 137 Å². The van der Waals surface area contributed by atoms with Gasteiger partial charge in [-0.15, -0.1) is 11.3 Å².